The molecule has 0 amide bonds. The summed E-state index contributed by atoms with van der Waals surface area (Å²) in [6, 6.07) is 6.58. The molecule has 0 aliphatic carbocycles. The van der Waals surface area contributed by atoms with Crippen LogP contribution in [-0.2, 0) is 11.2 Å². The Bertz CT molecular complexity index is 1040. The minimum absolute atomic E-state index is 0.0829. The van der Waals surface area contributed by atoms with Gasteiger partial charge in [-0.25, -0.2) is 0 Å². The van der Waals surface area contributed by atoms with Crippen molar-refractivity contribution in [3.8, 4) is 0 Å². The fraction of sp³-hybridized carbons (Fsp3) is 0.733. The Morgan fingerprint density at radius 3 is 2.19 bits per heavy atom. The minimum atomic E-state index is -0.503. The molecule has 36 heavy (non-hydrogen) atoms. The van der Waals surface area contributed by atoms with Crippen LogP contribution >= 0.6 is 0 Å². The second kappa shape index (κ2) is 8.93. The molecular formula is C30H43N2O3S+. The monoisotopic (exact) mass is 511 g/mol. The molecule has 0 aromatic carbocycles. The Morgan fingerprint density at radius 1 is 0.861 bits per heavy atom. The molecule has 7 rings (SSSR count). The predicted molar refractivity (Wildman–Crippen MR) is 144 cm³/mol. The summed E-state index contributed by atoms with van der Waals surface area (Å²) in [4.78, 5) is 5.62. The number of piperidine rings is 4. The standard InChI is InChI=1S/C30H43N2O3S/c1-21-3-6-27(24-9-14-35-17-24)32-19-30(10-7-25(21)32)18-29(20-36(30)33)11-12-31-26(23-8-13-34-16-23)5-4-22(2)28(31)15-29/h8-9,13-14,16-17,21-22,25-28,33H,3-7,10-12,15,18-20H2,1-2H3/q+1. The van der Waals surface area contributed by atoms with Gasteiger partial charge in [0.1, 0.15) is 5.75 Å². The summed E-state index contributed by atoms with van der Waals surface area (Å²) < 4.78 is 22.9. The number of furan rings is 2. The molecule has 9 atom stereocenters. The van der Waals surface area contributed by atoms with Gasteiger partial charge < -0.3 is 8.83 Å². The highest BCUT2D eigenvalue weighted by Crippen LogP contribution is 2.58. The maximum absolute atomic E-state index is 11.8. The SMILES string of the molecule is CC1CCC(c2ccoc2)N2CCC3(CC12)C[S+](O)C1(CCC2C(C)CCC(c4ccoc4)N2C1)C3. The van der Waals surface area contributed by atoms with Gasteiger partial charge in [-0.3, -0.25) is 9.80 Å². The summed E-state index contributed by atoms with van der Waals surface area (Å²) >= 11 is -0.503. The Hall–Kier alpha value is -1.21. The third-order valence-corrected chi connectivity index (χ3v) is 13.5. The first-order valence-electron chi connectivity index (χ1n) is 14.4. The molecule has 5 saturated heterocycles. The van der Waals surface area contributed by atoms with E-state index in [-0.39, 0.29) is 4.75 Å². The molecule has 0 radical (unpaired) electrons. The van der Waals surface area contributed by atoms with Gasteiger partial charge in [-0.05, 0) is 75.5 Å². The van der Waals surface area contributed by atoms with Gasteiger partial charge in [0, 0.05) is 53.6 Å². The molecule has 5 fully saturated rings. The fourth-order valence-corrected chi connectivity index (χ4v) is 11.6. The number of nitrogens with zero attached hydrogens (tertiary/aromatic N) is 2. The molecule has 5 nitrogen and oxygen atoms in total. The molecule has 9 unspecified atom stereocenters. The van der Waals surface area contributed by atoms with Gasteiger partial charge in [-0.15, -0.1) is 0 Å². The second-order valence-electron chi connectivity index (χ2n) is 13.2. The van der Waals surface area contributed by atoms with Crippen LogP contribution in [0.4, 0.5) is 0 Å². The molecule has 5 aliphatic heterocycles. The molecule has 5 aliphatic rings. The van der Waals surface area contributed by atoms with Crippen molar-refractivity contribution < 1.29 is 13.4 Å². The van der Waals surface area contributed by atoms with Crippen molar-refractivity contribution in [2.75, 3.05) is 18.8 Å². The molecule has 1 N–H and O–H groups in total. The Morgan fingerprint density at radius 2 is 1.53 bits per heavy atom. The molecule has 0 bridgehead atoms. The molecular weight excluding hydrogens is 468 g/mol. The lowest BCUT2D eigenvalue weighted by Crippen LogP contribution is -2.59. The van der Waals surface area contributed by atoms with Gasteiger partial charge in [-0.2, -0.15) is 4.55 Å². The zero-order valence-corrected chi connectivity index (χ0v) is 22.8. The highest BCUT2D eigenvalue weighted by atomic mass is 32.2. The highest BCUT2D eigenvalue weighted by molar-refractivity contribution is 7.93. The van der Waals surface area contributed by atoms with E-state index < -0.39 is 11.2 Å². The smallest absolute Gasteiger partial charge is 0.173 e. The normalized spacial score (nSPS) is 45.7. The van der Waals surface area contributed by atoms with Crippen LogP contribution in [-0.4, -0.2) is 50.0 Å². The van der Waals surface area contributed by atoms with Crippen LogP contribution in [0, 0.1) is 17.3 Å². The fourth-order valence-electron chi connectivity index (χ4n) is 9.26. The van der Waals surface area contributed by atoms with Gasteiger partial charge in [0.2, 0.25) is 0 Å². The van der Waals surface area contributed by atoms with Crippen molar-refractivity contribution in [2.24, 2.45) is 17.3 Å². The highest BCUT2D eigenvalue weighted by Gasteiger charge is 2.67. The number of hydrogen-bond donors (Lipinski definition) is 1. The van der Waals surface area contributed by atoms with Crippen LogP contribution < -0.4 is 0 Å². The summed E-state index contributed by atoms with van der Waals surface area (Å²) in [5.41, 5.74) is 3.00. The lowest BCUT2D eigenvalue weighted by atomic mass is 9.65. The topological polar surface area (TPSA) is 53.0 Å². The van der Waals surface area contributed by atoms with Gasteiger partial charge in [0.05, 0.1) is 31.6 Å². The summed E-state index contributed by atoms with van der Waals surface area (Å²) in [5.74, 6) is 2.50. The van der Waals surface area contributed by atoms with E-state index >= 15 is 0 Å². The average molecular weight is 512 g/mol. The number of fused-ring (bicyclic) bond motifs is 2. The first kappa shape index (κ1) is 23.9. The first-order valence-corrected chi connectivity index (χ1v) is 15.8. The molecule has 6 heteroatoms. The van der Waals surface area contributed by atoms with Crippen molar-refractivity contribution in [1.29, 1.82) is 0 Å². The lowest BCUT2D eigenvalue weighted by molar-refractivity contribution is -0.0409. The van der Waals surface area contributed by atoms with E-state index in [1.807, 2.05) is 25.1 Å². The largest absolute Gasteiger partial charge is 0.472 e. The van der Waals surface area contributed by atoms with Crippen LogP contribution in [0.5, 0.6) is 0 Å². The zero-order chi connectivity index (χ0) is 24.5. The van der Waals surface area contributed by atoms with E-state index in [1.165, 1.54) is 75.5 Å². The van der Waals surface area contributed by atoms with Crippen LogP contribution in [0.15, 0.2) is 46.0 Å². The molecule has 196 valence electrons. The lowest BCUT2D eigenvalue weighted by Gasteiger charge is -2.53. The predicted octanol–water partition coefficient (Wildman–Crippen LogP) is 6.66. The second-order valence-corrected chi connectivity index (χ2v) is 15.0. The minimum Gasteiger partial charge on any atom is -0.472 e. The van der Waals surface area contributed by atoms with Crippen molar-refractivity contribution in [1.82, 2.24) is 9.80 Å². The maximum atomic E-state index is 11.8. The quantitative estimate of drug-likeness (QED) is 0.457. The number of hydrogen-bond acceptors (Lipinski definition) is 5. The molecule has 2 aromatic heterocycles. The van der Waals surface area contributed by atoms with Crippen molar-refractivity contribution in [2.45, 2.75) is 101 Å². The van der Waals surface area contributed by atoms with E-state index in [0.29, 0.717) is 29.6 Å². The van der Waals surface area contributed by atoms with Crippen molar-refractivity contribution in [3.63, 3.8) is 0 Å². The van der Waals surface area contributed by atoms with Gasteiger partial charge >= 0.3 is 0 Å². The Balaban J connectivity index is 1.13. The van der Waals surface area contributed by atoms with Gasteiger partial charge in [0.25, 0.3) is 0 Å². The van der Waals surface area contributed by atoms with Crippen molar-refractivity contribution in [3.05, 3.63) is 48.3 Å². The average Bonchev–Trinajstić information content (AvgIpc) is 3.63. The molecule has 2 aromatic rings. The van der Waals surface area contributed by atoms with Crippen LogP contribution in [0.1, 0.15) is 94.8 Å². The third-order valence-electron chi connectivity index (χ3n) is 11.2. The van der Waals surface area contributed by atoms with Crippen LogP contribution in [0.25, 0.3) is 0 Å². The van der Waals surface area contributed by atoms with E-state index in [1.54, 1.807) is 0 Å². The van der Waals surface area contributed by atoms with Crippen LogP contribution in [0.3, 0.4) is 0 Å². The Labute approximate surface area is 219 Å². The van der Waals surface area contributed by atoms with E-state index in [9.17, 15) is 4.55 Å². The molecule has 0 saturated carbocycles. The van der Waals surface area contributed by atoms with E-state index in [4.69, 9.17) is 8.83 Å². The van der Waals surface area contributed by atoms with Crippen molar-refractivity contribution >= 4 is 11.2 Å². The third kappa shape index (κ3) is 3.77. The van der Waals surface area contributed by atoms with E-state index in [0.717, 1.165) is 24.1 Å². The number of rotatable bonds is 2. The van der Waals surface area contributed by atoms with Crippen LogP contribution in [0.2, 0.25) is 0 Å². The summed E-state index contributed by atoms with van der Waals surface area (Å²) in [7, 11) is 0. The van der Waals surface area contributed by atoms with Gasteiger partial charge in [-0.1, -0.05) is 13.8 Å². The Kier molecular flexibility index (Phi) is 5.92. The summed E-state index contributed by atoms with van der Waals surface area (Å²) in [6.45, 7) is 7.16. The molecule has 7 heterocycles. The van der Waals surface area contributed by atoms with E-state index in [2.05, 4.69) is 35.8 Å². The van der Waals surface area contributed by atoms with Gasteiger partial charge in [0.15, 0.2) is 15.9 Å². The first-order chi connectivity index (χ1) is 17.5. The summed E-state index contributed by atoms with van der Waals surface area (Å²) in [6.07, 6.45) is 18.8. The zero-order valence-electron chi connectivity index (χ0n) is 22.0. The maximum Gasteiger partial charge on any atom is 0.173 e. The summed E-state index contributed by atoms with van der Waals surface area (Å²) in [5, 5.41) is 0. The molecule has 2 spiro atoms.